The van der Waals surface area contributed by atoms with Gasteiger partial charge in [0.25, 0.3) is 0 Å². The smallest absolute Gasteiger partial charge is 0.124 e. The SMILES string of the molecule is CC(=CCCNCC(C)C)Cc1ccc(F)cc1Br. The molecule has 0 aliphatic heterocycles. The monoisotopic (exact) mass is 327 g/mol. The standard InChI is InChI=1S/C16H23BrFN/c1-12(2)11-19-8-4-5-13(3)9-14-6-7-15(18)10-16(14)17/h5-7,10,12,19H,4,8-9,11H2,1-3H3. The molecule has 0 aromatic heterocycles. The fraction of sp³-hybridized carbons (Fsp3) is 0.500. The summed E-state index contributed by atoms with van der Waals surface area (Å²) >= 11 is 3.40. The fourth-order valence-electron chi connectivity index (χ4n) is 1.85. The van der Waals surface area contributed by atoms with Crippen molar-refractivity contribution in [3.63, 3.8) is 0 Å². The van der Waals surface area contributed by atoms with Crippen LogP contribution < -0.4 is 5.32 Å². The summed E-state index contributed by atoms with van der Waals surface area (Å²) in [5.74, 6) is 0.496. The molecule has 1 nitrogen and oxygen atoms in total. The molecule has 0 radical (unpaired) electrons. The topological polar surface area (TPSA) is 12.0 Å². The maximum absolute atomic E-state index is 13.0. The van der Waals surface area contributed by atoms with Crippen LogP contribution in [0.4, 0.5) is 4.39 Å². The van der Waals surface area contributed by atoms with E-state index < -0.39 is 0 Å². The predicted molar refractivity (Wildman–Crippen MR) is 83.9 cm³/mol. The molecule has 1 aromatic rings. The first-order valence-corrected chi connectivity index (χ1v) is 7.58. The van der Waals surface area contributed by atoms with E-state index in [1.54, 1.807) is 0 Å². The Bertz CT molecular complexity index is 427. The molecule has 1 aromatic carbocycles. The van der Waals surface area contributed by atoms with Crippen LogP contribution in [0.1, 0.15) is 32.8 Å². The highest BCUT2D eigenvalue weighted by Crippen LogP contribution is 2.20. The van der Waals surface area contributed by atoms with Gasteiger partial charge in [-0.25, -0.2) is 4.39 Å². The summed E-state index contributed by atoms with van der Waals surface area (Å²) in [6.45, 7) is 8.62. The van der Waals surface area contributed by atoms with E-state index in [0.29, 0.717) is 5.92 Å². The number of allylic oxidation sites excluding steroid dienone is 1. The van der Waals surface area contributed by atoms with E-state index in [1.165, 1.54) is 17.7 Å². The fourth-order valence-corrected chi connectivity index (χ4v) is 2.34. The van der Waals surface area contributed by atoms with Gasteiger partial charge in [0.1, 0.15) is 5.82 Å². The van der Waals surface area contributed by atoms with Crippen molar-refractivity contribution in [2.45, 2.75) is 33.6 Å². The van der Waals surface area contributed by atoms with Crippen molar-refractivity contribution >= 4 is 15.9 Å². The largest absolute Gasteiger partial charge is 0.316 e. The van der Waals surface area contributed by atoms with Crippen molar-refractivity contribution in [1.29, 1.82) is 0 Å². The first-order chi connectivity index (χ1) is 8.99. The van der Waals surface area contributed by atoms with E-state index in [2.05, 4.69) is 48.1 Å². The second kappa shape index (κ2) is 8.49. The van der Waals surface area contributed by atoms with Gasteiger partial charge in [0.15, 0.2) is 0 Å². The normalized spacial score (nSPS) is 12.2. The lowest BCUT2D eigenvalue weighted by molar-refractivity contribution is 0.556. The van der Waals surface area contributed by atoms with Crippen molar-refractivity contribution in [3.05, 3.63) is 45.7 Å². The van der Waals surface area contributed by atoms with Crippen LogP contribution in [0.3, 0.4) is 0 Å². The number of benzene rings is 1. The zero-order valence-corrected chi connectivity index (χ0v) is 13.6. The highest BCUT2D eigenvalue weighted by Gasteiger charge is 2.02. The molecule has 19 heavy (non-hydrogen) atoms. The van der Waals surface area contributed by atoms with Crippen molar-refractivity contribution in [2.24, 2.45) is 5.92 Å². The number of hydrogen-bond acceptors (Lipinski definition) is 1. The number of hydrogen-bond donors (Lipinski definition) is 1. The van der Waals surface area contributed by atoms with E-state index in [0.717, 1.165) is 36.0 Å². The van der Waals surface area contributed by atoms with E-state index in [-0.39, 0.29) is 5.82 Å². The molecular weight excluding hydrogens is 305 g/mol. The Labute approximate surface area is 124 Å². The number of halogens is 2. The molecule has 0 fully saturated rings. The first kappa shape index (κ1) is 16.4. The van der Waals surface area contributed by atoms with Crippen LogP contribution in [-0.4, -0.2) is 13.1 Å². The van der Waals surface area contributed by atoms with Crippen molar-refractivity contribution < 1.29 is 4.39 Å². The molecule has 0 saturated heterocycles. The van der Waals surface area contributed by atoms with Crippen LogP contribution in [0.25, 0.3) is 0 Å². The lowest BCUT2D eigenvalue weighted by Gasteiger charge is -2.07. The third kappa shape index (κ3) is 6.88. The molecule has 106 valence electrons. The summed E-state index contributed by atoms with van der Waals surface area (Å²) in [6.07, 6.45) is 4.16. The van der Waals surface area contributed by atoms with Crippen molar-refractivity contribution in [2.75, 3.05) is 13.1 Å². The summed E-state index contributed by atoms with van der Waals surface area (Å²) < 4.78 is 13.8. The molecular formula is C16H23BrFN. The zero-order valence-electron chi connectivity index (χ0n) is 12.0. The van der Waals surface area contributed by atoms with Crippen LogP contribution in [0.5, 0.6) is 0 Å². The molecule has 0 unspecified atom stereocenters. The molecule has 3 heteroatoms. The van der Waals surface area contributed by atoms with E-state index in [4.69, 9.17) is 0 Å². The van der Waals surface area contributed by atoms with Gasteiger partial charge in [-0.2, -0.15) is 0 Å². The molecule has 1 N–H and O–H groups in total. The van der Waals surface area contributed by atoms with Gasteiger partial charge in [-0.3, -0.25) is 0 Å². The van der Waals surface area contributed by atoms with Crippen LogP contribution in [0.2, 0.25) is 0 Å². The highest BCUT2D eigenvalue weighted by molar-refractivity contribution is 9.10. The summed E-state index contributed by atoms with van der Waals surface area (Å²) in [5.41, 5.74) is 2.45. The van der Waals surface area contributed by atoms with Gasteiger partial charge in [0, 0.05) is 4.47 Å². The van der Waals surface area contributed by atoms with Gasteiger partial charge >= 0.3 is 0 Å². The third-order valence-electron chi connectivity index (χ3n) is 2.85. The molecule has 0 heterocycles. The van der Waals surface area contributed by atoms with Crippen molar-refractivity contribution in [3.8, 4) is 0 Å². The molecule has 0 aliphatic carbocycles. The Kier molecular flexibility index (Phi) is 7.32. The molecule has 0 spiro atoms. The van der Waals surface area contributed by atoms with Gasteiger partial charge in [-0.1, -0.05) is 47.5 Å². The number of nitrogens with one attached hydrogen (secondary N) is 1. The lowest BCUT2D eigenvalue weighted by Crippen LogP contribution is -2.20. The molecule has 0 bridgehead atoms. The minimum Gasteiger partial charge on any atom is -0.316 e. The summed E-state index contributed by atoms with van der Waals surface area (Å²) in [7, 11) is 0. The summed E-state index contributed by atoms with van der Waals surface area (Å²) in [6, 6.07) is 4.87. The summed E-state index contributed by atoms with van der Waals surface area (Å²) in [4.78, 5) is 0. The van der Waals surface area contributed by atoms with Gasteiger partial charge in [-0.05, 0) is 56.5 Å². The average molecular weight is 328 g/mol. The van der Waals surface area contributed by atoms with Crippen LogP contribution >= 0.6 is 15.9 Å². The van der Waals surface area contributed by atoms with Crippen LogP contribution in [0, 0.1) is 11.7 Å². The lowest BCUT2D eigenvalue weighted by atomic mass is 10.1. The highest BCUT2D eigenvalue weighted by atomic mass is 79.9. The van der Waals surface area contributed by atoms with E-state index in [9.17, 15) is 4.39 Å². The molecule has 0 aliphatic rings. The van der Waals surface area contributed by atoms with Crippen LogP contribution in [-0.2, 0) is 6.42 Å². The quantitative estimate of drug-likeness (QED) is 0.564. The van der Waals surface area contributed by atoms with Crippen LogP contribution in [0.15, 0.2) is 34.3 Å². The Balaban J connectivity index is 2.39. The van der Waals surface area contributed by atoms with Gasteiger partial charge in [0.05, 0.1) is 0 Å². The Morgan fingerprint density at radius 1 is 1.42 bits per heavy atom. The van der Waals surface area contributed by atoms with Gasteiger partial charge in [0.2, 0.25) is 0 Å². The minimum atomic E-state index is -0.199. The molecule has 0 amide bonds. The number of rotatable bonds is 7. The predicted octanol–water partition coefficient (Wildman–Crippen LogP) is 4.71. The van der Waals surface area contributed by atoms with E-state index >= 15 is 0 Å². The Morgan fingerprint density at radius 3 is 2.79 bits per heavy atom. The van der Waals surface area contributed by atoms with Gasteiger partial charge < -0.3 is 5.32 Å². The van der Waals surface area contributed by atoms with E-state index in [1.807, 2.05) is 6.07 Å². The van der Waals surface area contributed by atoms with Gasteiger partial charge in [-0.15, -0.1) is 0 Å². The summed E-state index contributed by atoms with van der Waals surface area (Å²) in [5, 5.41) is 3.42. The minimum absolute atomic E-state index is 0.199. The Morgan fingerprint density at radius 2 is 2.16 bits per heavy atom. The zero-order chi connectivity index (χ0) is 14.3. The second-order valence-electron chi connectivity index (χ2n) is 5.35. The third-order valence-corrected chi connectivity index (χ3v) is 3.59. The first-order valence-electron chi connectivity index (χ1n) is 6.79. The molecule has 1 rings (SSSR count). The molecule has 0 atom stereocenters. The average Bonchev–Trinajstić information content (AvgIpc) is 2.32. The second-order valence-corrected chi connectivity index (χ2v) is 6.20. The maximum atomic E-state index is 13.0. The maximum Gasteiger partial charge on any atom is 0.124 e. The molecule has 0 saturated carbocycles. The van der Waals surface area contributed by atoms with Crippen molar-refractivity contribution in [1.82, 2.24) is 5.32 Å². The Hall–Kier alpha value is -0.670.